The van der Waals surface area contributed by atoms with Crippen molar-refractivity contribution in [3.63, 3.8) is 0 Å². The van der Waals surface area contributed by atoms with Crippen molar-refractivity contribution >= 4 is 15.7 Å². The number of primary amides is 1. The lowest BCUT2D eigenvalue weighted by Gasteiger charge is -2.44. The van der Waals surface area contributed by atoms with Gasteiger partial charge in [0.1, 0.15) is 5.75 Å². The van der Waals surface area contributed by atoms with E-state index >= 15 is 0 Å². The summed E-state index contributed by atoms with van der Waals surface area (Å²) in [6.45, 7) is 0.702. The van der Waals surface area contributed by atoms with Crippen LogP contribution in [0.25, 0.3) is 11.4 Å². The molecule has 9 heteroatoms. The molecule has 0 atom stereocenters. The van der Waals surface area contributed by atoms with Crippen molar-refractivity contribution in [3.05, 3.63) is 96.3 Å². The van der Waals surface area contributed by atoms with E-state index in [0.29, 0.717) is 61.1 Å². The van der Waals surface area contributed by atoms with E-state index in [9.17, 15) is 13.2 Å². The second kappa shape index (κ2) is 10.4. The van der Waals surface area contributed by atoms with E-state index in [0.717, 1.165) is 18.4 Å². The number of amides is 1. The van der Waals surface area contributed by atoms with Gasteiger partial charge in [-0.3, -0.25) is 4.79 Å². The molecule has 41 heavy (non-hydrogen) atoms. The Morgan fingerprint density at radius 1 is 0.951 bits per heavy atom. The molecule has 1 heterocycles. The topological polar surface area (TPSA) is 117 Å². The van der Waals surface area contributed by atoms with Crippen molar-refractivity contribution in [1.29, 1.82) is 0 Å². The standard InChI is InChI=1S/C32H34N4O4S/c1-41(38,39)27-14-8-9-24(21-27)28-34-30(36(35-28)22-23-15-16-23)32(40-26-12-6-3-7-13-26)19-17-31(18-20-32,29(33)37)25-10-4-2-5-11-25/h2-14,21,23H,15-20,22H2,1H3,(H2,33,37). The Bertz CT molecular complexity index is 1660. The first-order valence-electron chi connectivity index (χ1n) is 14.0. The van der Waals surface area contributed by atoms with Gasteiger partial charge in [-0.15, -0.1) is 0 Å². The van der Waals surface area contributed by atoms with Crippen LogP contribution in [0.2, 0.25) is 0 Å². The number of ether oxygens (including phenoxy) is 1. The molecule has 3 aromatic carbocycles. The average Bonchev–Trinajstić information content (AvgIpc) is 3.69. The van der Waals surface area contributed by atoms with Crippen molar-refractivity contribution in [1.82, 2.24) is 14.8 Å². The molecule has 0 aliphatic heterocycles. The molecular weight excluding hydrogens is 536 g/mol. The molecule has 2 N–H and O–H groups in total. The predicted molar refractivity (Wildman–Crippen MR) is 156 cm³/mol. The number of para-hydroxylation sites is 1. The number of nitrogens with zero attached hydrogens (tertiary/aromatic N) is 3. The van der Waals surface area contributed by atoms with Gasteiger partial charge in [0, 0.05) is 18.4 Å². The highest BCUT2D eigenvalue weighted by atomic mass is 32.2. The van der Waals surface area contributed by atoms with Crippen LogP contribution in [0.3, 0.4) is 0 Å². The monoisotopic (exact) mass is 570 g/mol. The fourth-order valence-corrected chi connectivity index (χ4v) is 6.61. The summed E-state index contributed by atoms with van der Waals surface area (Å²) in [6, 6.07) is 26.1. The molecule has 2 aliphatic rings. The molecule has 8 nitrogen and oxygen atoms in total. The number of rotatable bonds is 9. The minimum atomic E-state index is -3.40. The van der Waals surface area contributed by atoms with E-state index in [1.165, 1.54) is 6.26 Å². The van der Waals surface area contributed by atoms with Gasteiger partial charge in [0.05, 0.1) is 10.3 Å². The predicted octanol–water partition coefficient (Wildman–Crippen LogP) is 5.03. The first-order valence-corrected chi connectivity index (χ1v) is 15.9. The van der Waals surface area contributed by atoms with Crippen LogP contribution in [0.4, 0.5) is 0 Å². The smallest absolute Gasteiger partial charge is 0.228 e. The van der Waals surface area contributed by atoms with Crippen molar-refractivity contribution in [2.75, 3.05) is 6.26 Å². The molecule has 0 saturated heterocycles. The zero-order valence-corrected chi connectivity index (χ0v) is 23.9. The van der Waals surface area contributed by atoms with Gasteiger partial charge in [0.2, 0.25) is 5.91 Å². The van der Waals surface area contributed by atoms with Crippen molar-refractivity contribution < 1.29 is 17.9 Å². The number of nitrogens with two attached hydrogens (primary N) is 1. The molecule has 1 aromatic heterocycles. The van der Waals surface area contributed by atoms with Crippen LogP contribution in [0, 0.1) is 5.92 Å². The second-order valence-electron chi connectivity index (χ2n) is 11.4. The van der Waals surface area contributed by atoms with Crippen LogP contribution in [0.1, 0.15) is 49.9 Å². The molecule has 2 fully saturated rings. The largest absolute Gasteiger partial charge is 0.479 e. The Balaban J connectivity index is 1.45. The number of carbonyl (C=O) groups excluding carboxylic acids is 1. The summed E-state index contributed by atoms with van der Waals surface area (Å²) in [5, 5.41) is 4.91. The number of hydrogen-bond acceptors (Lipinski definition) is 6. The molecule has 2 saturated carbocycles. The highest BCUT2D eigenvalue weighted by Crippen LogP contribution is 2.49. The Labute approximate surface area is 240 Å². The van der Waals surface area contributed by atoms with Gasteiger partial charge < -0.3 is 10.5 Å². The molecule has 6 rings (SSSR count). The lowest BCUT2D eigenvalue weighted by Crippen LogP contribution is -2.50. The third kappa shape index (κ3) is 5.38. The van der Waals surface area contributed by atoms with E-state index in [2.05, 4.69) is 0 Å². The minimum Gasteiger partial charge on any atom is -0.479 e. The zero-order valence-electron chi connectivity index (χ0n) is 23.1. The number of benzene rings is 3. The highest BCUT2D eigenvalue weighted by Gasteiger charge is 2.51. The van der Waals surface area contributed by atoms with Crippen LogP contribution in [0.15, 0.2) is 89.8 Å². The fourth-order valence-electron chi connectivity index (χ4n) is 5.94. The Hall–Kier alpha value is -3.98. The Morgan fingerprint density at radius 2 is 1.61 bits per heavy atom. The van der Waals surface area contributed by atoms with Crippen LogP contribution >= 0.6 is 0 Å². The van der Waals surface area contributed by atoms with E-state index < -0.39 is 20.9 Å². The number of carbonyl (C=O) groups is 1. The summed E-state index contributed by atoms with van der Waals surface area (Å²) in [6.07, 6.45) is 5.45. The summed E-state index contributed by atoms with van der Waals surface area (Å²) in [7, 11) is -3.40. The summed E-state index contributed by atoms with van der Waals surface area (Å²) in [5.74, 6) is 2.03. The summed E-state index contributed by atoms with van der Waals surface area (Å²) in [5.41, 5.74) is 5.97. The molecule has 0 spiro atoms. The van der Waals surface area contributed by atoms with Gasteiger partial charge in [0.15, 0.2) is 27.1 Å². The molecule has 4 aromatic rings. The van der Waals surface area contributed by atoms with Crippen LogP contribution in [-0.2, 0) is 32.2 Å². The average molecular weight is 571 g/mol. The quantitative estimate of drug-likeness (QED) is 0.302. The van der Waals surface area contributed by atoms with Gasteiger partial charge in [0.25, 0.3) is 0 Å². The summed E-state index contributed by atoms with van der Waals surface area (Å²) in [4.78, 5) is 18.3. The third-order valence-corrected chi connectivity index (χ3v) is 9.60. The molecule has 212 valence electrons. The molecular formula is C32H34N4O4S. The van der Waals surface area contributed by atoms with E-state index in [4.69, 9.17) is 20.6 Å². The van der Waals surface area contributed by atoms with E-state index in [1.807, 2.05) is 71.4 Å². The van der Waals surface area contributed by atoms with Crippen molar-refractivity contribution in [3.8, 4) is 17.1 Å². The second-order valence-corrected chi connectivity index (χ2v) is 13.4. The summed E-state index contributed by atoms with van der Waals surface area (Å²) < 4.78 is 33.3. The summed E-state index contributed by atoms with van der Waals surface area (Å²) >= 11 is 0. The number of hydrogen-bond donors (Lipinski definition) is 1. The SMILES string of the molecule is CS(=O)(=O)c1cccc(-c2nc(C3(Oc4ccccc4)CCC(C(N)=O)(c4ccccc4)CC3)n(CC3CC3)n2)c1. The molecule has 0 bridgehead atoms. The van der Waals surface area contributed by atoms with Gasteiger partial charge in [-0.1, -0.05) is 60.7 Å². The minimum absolute atomic E-state index is 0.220. The molecule has 2 aliphatic carbocycles. The van der Waals surface area contributed by atoms with E-state index in [-0.39, 0.29) is 10.8 Å². The van der Waals surface area contributed by atoms with Crippen LogP contribution in [0.5, 0.6) is 5.75 Å². The molecule has 1 amide bonds. The normalized spacial score (nSPS) is 22.8. The van der Waals surface area contributed by atoms with E-state index in [1.54, 1.807) is 18.2 Å². The van der Waals surface area contributed by atoms with Gasteiger partial charge >= 0.3 is 0 Å². The lowest BCUT2D eigenvalue weighted by atomic mass is 9.64. The fraction of sp³-hybridized carbons (Fsp3) is 0.344. The van der Waals surface area contributed by atoms with Gasteiger partial charge in [-0.05, 0) is 74.3 Å². The van der Waals surface area contributed by atoms with Crippen LogP contribution in [-0.4, -0.2) is 35.3 Å². The van der Waals surface area contributed by atoms with Crippen molar-refractivity contribution in [2.24, 2.45) is 11.7 Å². The maximum absolute atomic E-state index is 13.0. The van der Waals surface area contributed by atoms with Crippen molar-refractivity contribution in [2.45, 2.75) is 61.0 Å². The zero-order chi connectivity index (χ0) is 28.7. The maximum atomic E-state index is 13.0. The molecule has 0 unspecified atom stereocenters. The van der Waals surface area contributed by atoms with Gasteiger partial charge in [-0.25, -0.2) is 18.1 Å². The number of aromatic nitrogens is 3. The first kappa shape index (κ1) is 27.2. The highest BCUT2D eigenvalue weighted by molar-refractivity contribution is 7.90. The van der Waals surface area contributed by atoms with Gasteiger partial charge in [-0.2, -0.15) is 5.10 Å². The maximum Gasteiger partial charge on any atom is 0.228 e. The first-order chi connectivity index (χ1) is 19.7. The van der Waals surface area contributed by atoms with Crippen LogP contribution < -0.4 is 10.5 Å². The third-order valence-electron chi connectivity index (χ3n) is 8.49. The molecule has 0 radical (unpaired) electrons. The Kier molecular flexibility index (Phi) is 6.93. The number of sulfone groups is 1. The Morgan fingerprint density at radius 3 is 2.22 bits per heavy atom. The lowest BCUT2D eigenvalue weighted by molar-refractivity contribution is -0.127.